The van der Waals surface area contributed by atoms with E-state index in [-0.39, 0.29) is 11.2 Å². The third kappa shape index (κ3) is 6.57. The molecule has 0 aliphatic heterocycles. The molecular formula is C22H27N3O4. The summed E-state index contributed by atoms with van der Waals surface area (Å²) in [5.74, 6) is 2.19. The molecule has 0 bridgehead atoms. The summed E-state index contributed by atoms with van der Waals surface area (Å²) in [5.41, 5.74) is 7.85. The van der Waals surface area contributed by atoms with E-state index in [1.807, 2.05) is 33.8 Å². The summed E-state index contributed by atoms with van der Waals surface area (Å²) in [6.07, 6.45) is 0.626. The van der Waals surface area contributed by atoms with Crippen LogP contribution >= 0.6 is 0 Å². The van der Waals surface area contributed by atoms with Crippen molar-refractivity contribution < 1.29 is 19.2 Å². The maximum absolute atomic E-state index is 10.3. The van der Waals surface area contributed by atoms with Crippen LogP contribution in [0, 0.1) is 6.92 Å². The zero-order valence-corrected chi connectivity index (χ0v) is 17.1. The maximum Gasteiger partial charge on any atom is 0.211 e. The molecule has 2 aromatic carbocycles. The van der Waals surface area contributed by atoms with Gasteiger partial charge in [-0.15, -0.1) is 0 Å². The van der Waals surface area contributed by atoms with Crippen LogP contribution in [0.3, 0.4) is 0 Å². The molecule has 1 heterocycles. The SMILES string of the molecule is CC(C)(C)c1cc(N)no1.Cc1cccc(O)c1COc1ccc(NC=O)cc1. The predicted octanol–water partition coefficient (Wildman–Crippen LogP) is 4.40. The van der Waals surface area contributed by atoms with E-state index in [1.165, 1.54) is 0 Å². The first-order valence-electron chi connectivity index (χ1n) is 9.14. The number of hydrogen-bond acceptors (Lipinski definition) is 6. The highest BCUT2D eigenvalue weighted by Gasteiger charge is 2.18. The van der Waals surface area contributed by atoms with E-state index in [2.05, 4.69) is 10.5 Å². The molecule has 0 saturated heterocycles. The Balaban J connectivity index is 0.000000253. The highest BCUT2D eigenvalue weighted by Crippen LogP contribution is 2.24. The number of carbonyl (C=O) groups excluding carboxylic acids is 1. The van der Waals surface area contributed by atoms with Gasteiger partial charge in [-0.2, -0.15) is 0 Å². The Labute approximate surface area is 170 Å². The quantitative estimate of drug-likeness (QED) is 0.550. The van der Waals surface area contributed by atoms with Crippen LogP contribution in [0.5, 0.6) is 11.5 Å². The number of nitrogens with zero attached hydrogens (tertiary/aromatic N) is 1. The lowest BCUT2D eigenvalue weighted by molar-refractivity contribution is -0.105. The van der Waals surface area contributed by atoms with Gasteiger partial charge in [-0.1, -0.05) is 38.1 Å². The van der Waals surface area contributed by atoms with Gasteiger partial charge < -0.3 is 25.4 Å². The van der Waals surface area contributed by atoms with Gasteiger partial charge in [-0.25, -0.2) is 0 Å². The second-order valence-corrected chi connectivity index (χ2v) is 7.51. The largest absolute Gasteiger partial charge is 0.508 e. The van der Waals surface area contributed by atoms with Gasteiger partial charge in [-0.05, 0) is 42.8 Å². The Morgan fingerprint density at radius 3 is 2.38 bits per heavy atom. The third-order valence-electron chi connectivity index (χ3n) is 4.12. The number of phenols is 1. The van der Waals surface area contributed by atoms with Gasteiger partial charge in [0.15, 0.2) is 5.82 Å². The van der Waals surface area contributed by atoms with Crippen LogP contribution in [-0.4, -0.2) is 16.7 Å². The average Bonchev–Trinajstić information content (AvgIpc) is 3.10. The number of carbonyl (C=O) groups is 1. The van der Waals surface area contributed by atoms with Crippen LogP contribution in [0.1, 0.15) is 37.7 Å². The maximum atomic E-state index is 10.3. The van der Waals surface area contributed by atoms with Crippen LogP contribution in [0.25, 0.3) is 0 Å². The molecule has 7 nitrogen and oxygen atoms in total. The fraction of sp³-hybridized carbons (Fsp3) is 0.273. The van der Waals surface area contributed by atoms with Gasteiger partial charge >= 0.3 is 0 Å². The first kappa shape index (κ1) is 21.8. The zero-order chi connectivity index (χ0) is 21.4. The standard InChI is InChI=1S/C15H15NO3.C7H12N2O/c1-11-3-2-4-15(18)14(11)9-19-13-7-5-12(6-8-13)16-10-17;1-7(2,3)5-4-6(8)9-10-5/h2-8,10,18H,9H2,1H3,(H,16,17);4H,1-3H3,(H2,8,9). The van der Waals surface area contributed by atoms with E-state index < -0.39 is 0 Å². The average molecular weight is 397 g/mol. The lowest BCUT2D eigenvalue weighted by Crippen LogP contribution is -2.09. The molecule has 0 aliphatic carbocycles. The van der Waals surface area contributed by atoms with Crippen LogP contribution < -0.4 is 15.8 Å². The molecule has 7 heteroatoms. The van der Waals surface area contributed by atoms with E-state index in [4.69, 9.17) is 15.0 Å². The topological polar surface area (TPSA) is 111 Å². The monoisotopic (exact) mass is 397 g/mol. The molecule has 0 aliphatic rings. The molecule has 0 saturated carbocycles. The van der Waals surface area contributed by atoms with E-state index in [0.717, 1.165) is 16.9 Å². The number of phenolic OH excluding ortho intramolecular Hbond substituents is 1. The van der Waals surface area contributed by atoms with Gasteiger partial charge in [-0.3, -0.25) is 4.79 Å². The van der Waals surface area contributed by atoms with E-state index in [0.29, 0.717) is 30.3 Å². The van der Waals surface area contributed by atoms with E-state index in [9.17, 15) is 9.90 Å². The molecule has 3 aromatic rings. The molecule has 29 heavy (non-hydrogen) atoms. The Kier molecular flexibility index (Phi) is 7.25. The van der Waals surface area contributed by atoms with Gasteiger partial charge in [0, 0.05) is 22.7 Å². The highest BCUT2D eigenvalue weighted by atomic mass is 16.5. The van der Waals surface area contributed by atoms with Crippen LogP contribution in [0.4, 0.5) is 11.5 Å². The summed E-state index contributed by atoms with van der Waals surface area (Å²) in [6, 6.07) is 14.2. The first-order valence-corrected chi connectivity index (χ1v) is 9.14. The molecule has 1 amide bonds. The molecule has 154 valence electrons. The zero-order valence-electron chi connectivity index (χ0n) is 17.1. The van der Waals surface area contributed by atoms with E-state index >= 15 is 0 Å². The number of amides is 1. The number of rotatable bonds is 5. The van der Waals surface area contributed by atoms with Gasteiger partial charge in [0.2, 0.25) is 6.41 Å². The Hall–Kier alpha value is -3.48. The summed E-state index contributed by atoms with van der Waals surface area (Å²) < 4.78 is 10.6. The Bertz CT molecular complexity index is 908. The van der Waals surface area contributed by atoms with Gasteiger partial charge in [0.1, 0.15) is 23.9 Å². The van der Waals surface area contributed by atoms with Crippen molar-refractivity contribution >= 4 is 17.9 Å². The van der Waals surface area contributed by atoms with Gasteiger partial charge in [0.05, 0.1) is 0 Å². The predicted molar refractivity (Wildman–Crippen MR) is 113 cm³/mol. The molecule has 0 atom stereocenters. The molecule has 4 N–H and O–H groups in total. The number of benzene rings is 2. The number of anilines is 2. The highest BCUT2D eigenvalue weighted by molar-refractivity contribution is 5.71. The smallest absolute Gasteiger partial charge is 0.211 e. The van der Waals surface area contributed by atoms with Crippen molar-refractivity contribution in [2.24, 2.45) is 0 Å². The minimum atomic E-state index is 0.00458. The molecule has 3 rings (SSSR count). The second-order valence-electron chi connectivity index (χ2n) is 7.51. The fourth-order valence-electron chi connectivity index (χ4n) is 2.39. The summed E-state index contributed by atoms with van der Waals surface area (Å²) in [4.78, 5) is 10.3. The van der Waals surface area contributed by atoms with Crippen molar-refractivity contribution in [3.05, 3.63) is 65.4 Å². The van der Waals surface area contributed by atoms with Crippen molar-refractivity contribution in [1.29, 1.82) is 0 Å². The van der Waals surface area contributed by atoms with Crippen molar-refractivity contribution in [2.75, 3.05) is 11.1 Å². The summed E-state index contributed by atoms with van der Waals surface area (Å²) in [6.45, 7) is 8.38. The lowest BCUT2D eigenvalue weighted by Gasteiger charge is -2.11. The summed E-state index contributed by atoms with van der Waals surface area (Å²) >= 11 is 0. The minimum absolute atomic E-state index is 0.00458. The molecular weight excluding hydrogens is 370 g/mol. The van der Waals surface area contributed by atoms with Crippen molar-refractivity contribution in [3.63, 3.8) is 0 Å². The number of ether oxygens (including phenoxy) is 1. The number of aromatic nitrogens is 1. The number of aromatic hydroxyl groups is 1. The van der Waals surface area contributed by atoms with Crippen molar-refractivity contribution in [1.82, 2.24) is 5.16 Å². The number of nitrogens with two attached hydrogens (primary N) is 1. The fourth-order valence-corrected chi connectivity index (χ4v) is 2.39. The number of nitrogen functional groups attached to an aromatic ring is 1. The number of nitrogens with one attached hydrogen (secondary N) is 1. The van der Waals surface area contributed by atoms with Crippen LogP contribution in [-0.2, 0) is 16.8 Å². The second kappa shape index (κ2) is 9.64. The first-order chi connectivity index (χ1) is 13.7. The van der Waals surface area contributed by atoms with Crippen LogP contribution in [0.2, 0.25) is 0 Å². The molecule has 0 spiro atoms. The van der Waals surface area contributed by atoms with Crippen molar-refractivity contribution in [2.45, 2.75) is 39.7 Å². The van der Waals surface area contributed by atoms with Crippen LogP contribution in [0.15, 0.2) is 53.1 Å². The molecule has 0 radical (unpaired) electrons. The Morgan fingerprint density at radius 1 is 1.21 bits per heavy atom. The Morgan fingerprint density at radius 2 is 1.90 bits per heavy atom. The third-order valence-corrected chi connectivity index (χ3v) is 4.12. The lowest BCUT2D eigenvalue weighted by atomic mass is 9.93. The van der Waals surface area contributed by atoms with E-state index in [1.54, 1.807) is 42.5 Å². The van der Waals surface area contributed by atoms with Crippen molar-refractivity contribution in [3.8, 4) is 11.5 Å². The summed E-state index contributed by atoms with van der Waals surface area (Å²) in [7, 11) is 0. The molecule has 0 unspecified atom stereocenters. The number of aryl methyl sites for hydroxylation is 1. The minimum Gasteiger partial charge on any atom is -0.508 e. The molecule has 0 fully saturated rings. The summed E-state index contributed by atoms with van der Waals surface area (Å²) in [5, 5.41) is 15.9. The number of hydrogen-bond donors (Lipinski definition) is 3. The molecule has 1 aromatic heterocycles. The van der Waals surface area contributed by atoms with Gasteiger partial charge in [0.25, 0.3) is 0 Å². The normalized spacial score (nSPS) is 10.6.